The number of hydrogen-bond acceptors (Lipinski definition) is 4. The fourth-order valence-electron chi connectivity index (χ4n) is 2.01. The molecule has 2 aromatic carbocycles. The van der Waals surface area contributed by atoms with E-state index >= 15 is 0 Å². The molecule has 0 fully saturated rings. The third-order valence-electron chi connectivity index (χ3n) is 3.15. The Bertz CT molecular complexity index is 741. The van der Waals surface area contributed by atoms with Gasteiger partial charge < -0.3 is 4.74 Å². The second-order valence-corrected chi connectivity index (χ2v) is 5.22. The van der Waals surface area contributed by atoms with Crippen LogP contribution in [0.5, 0.6) is 0 Å². The molecule has 0 amide bonds. The molecule has 0 saturated carbocycles. The van der Waals surface area contributed by atoms with Gasteiger partial charge in [0.2, 0.25) is 0 Å². The molecule has 0 heterocycles. The summed E-state index contributed by atoms with van der Waals surface area (Å²) in [6.45, 7) is 1.59. The maximum Gasteiger partial charge on any atom is 0.331 e. The zero-order valence-corrected chi connectivity index (χ0v) is 13.1. The van der Waals surface area contributed by atoms with E-state index in [1.807, 2.05) is 0 Å². The molecule has 0 aromatic heterocycles. The lowest BCUT2D eigenvalue weighted by atomic mass is 10.1. The van der Waals surface area contributed by atoms with E-state index in [2.05, 4.69) is 0 Å². The minimum absolute atomic E-state index is 0.0746. The van der Waals surface area contributed by atoms with Crippen molar-refractivity contribution in [3.05, 3.63) is 80.9 Å². The first-order chi connectivity index (χ1) is 11.0. The average Bonchev–Trinajstić information content (AvgIpc) is 2.54. The summed E-state index contributed by atoms with van der Waals surface area (Å²) in [5.41, 5.74) is 1.07. The number of nitro benzene ring substituents is 1. The van der Waals surface area contributed by atoms with Crippen molar-refractivity contribution in [2.75, 3.05) is 0 Å². The predicted molar refractivity (Wildman–Crippen MR) is 88.1 cm³/mol. The van der Waals surface area contributed by atoms with Gasteiger partial charge in [0.15, 0.2) is 0 Å². The monoisotopic (exact) mass is 331 g/mol. The summed E-state index contributed by atoms with van der Waals surface area (Å²) in [7, 11) is 0. The van der Waals surface area contributed by atoms with Crippen LogP contribution in [0.3, 0.4) is 0 Å². The third kappa shape index (κ3) is 4.66. The molecule has 0 saturated heterocycles. The molecule has 2 aromatic rings. The molecular weight excluding hydrogens is 318 g/mol. The van der Waals surface area contributed by atoms with Gasteiger partial charge in [-0.15, -0.1) is 0 Å². The highest BCUT2D eigenvalue weighted by atomic mass is 35.5. The number of carbonyl (C=O) groups is 1. The Morgan fingerprint density at radius 3 is 2.52 bits per heavy atom. The Balaban J connectivity index is 2.05. The minimum atomic E-state index is -0.723. The Kier molecular flexibility index (Phi) is 5.49. The number of rotatable bonds is 5. The van der Waals surface area contributed by atoms with Crippen molar-refractivity contribution in [3.8, 4) is 0 Å². The number of esters is 1. The highest BCUT2D eigenvalue weighted by molar-refractivity contribution is 6.30. The predicted octanol–water partition coefficient (Wildman–Crippen LogP) is 4.57. The quantitative estimate of drug-likeness (QED) is 0.348. The molecule has 0 N–H and O–H groups in total. The summed E-state index contributed by atoms with van der Waals surface area (Å²) < 4.78 is 5.22. The van der Waals surface area contributed by atoms with Gasteiger partial charge in [-0.1, -0.05) is 35.9 Å². The fourth-order valence-corrected chi connectivity index (χ4v) is 2.14. The van der Waals surface area contributed by atoms with E-state index in [0.717, 1.165) is 5.56 Å². The van der Waals surface area contributed by atoms with Gasteiger partial charge in [0.05, 0.1) is 10.5 Å². The number of nitro groups is 1. The van der Waals surface area contributed by atoms with E-state index in [-0.39, 0.29) is 5.69 Å². The number of ether oxygens (including phenoxy) is 1. The molecule has 118 valence electrons. The summed E-state index contributed by atoms with van der Waals surface area (Å²) in [5.74, 6) is -0.578. The first kappa shape index (κ1) is 16.7. The normalized spacial score (nSPS) is 12.1. The molecule has 0 aliphatic carbocycles. The first-order valence-corrected chi connectivity index (χ1v) is 7.23. The molecular formula is C17H14ClNO4. The number of halogens is 1. The highest BCUT2D eigenvalue weighted by Gasteiger charge is 2.20. The lowest BCUT2D eigenvalue weighted by Gasteiger charge is -2.12. The van der Waals surface area contributed by atoms with Crippen LogP contribution in [0, 0.1) is 10.1 Å². The number of carbonyl (C=O) groups excluding carboxylic acids is 1. The van der Waals surface area contributed by atoms with Crippen LogP contribution < -0.4 is 0 Å². The van der Waals surface area contributed by atoms with E-state index in [1.54, 1.807) is 55.5 Å². The van der Waals surface area contributed by atoms with Crippen LogP contribution in [0.25, 0.3) is 6.08 Å². The zero-order valence-electron chi connectivity index (χ0n) is 12.3. The maximum atomic E-state index is 11.8. The van der Waals surface area contributed by atoms with Crippen LogP contribution >= 0.6 is 11.6 Å². The van der Waals surface area contributed by atoms with Crippen LogP contribution in [0.4, 0.5) is 5.69 Å². The Labute approximate surface area is 138 Å². The zero-order chi connectivity index (χ0) is 16.8. The van der Waals surface area contributed by atoms with Crippen LogP contribution in [-0.2, 0) is 9.53 Å². The van der Waals surface area contributed by atoms with Gasteiger partial charge in [0.1, 0.15) is 6.10 Å². The number of benzene rings is 2. The number of hydrogen-bond donors (Lipinski definition) is 0. The molecule has 0 aliphatic rings. The second kappa shape index (κ2) is 7.56. The van der Waals surface area contributed by atoms with Crippen LogP contribution in [0.1, 0.15) is 24.2 Å². The van der Waals surface area contributed by atoms with Crippen LogP contribution in [0.2, 0.25) is 5.02 Å². The third-order valence-corrected chi connectivity index (χ3v) is 3.40. The van der Waals surface area contributed by atoms with Gasteiger partial charge in [-0.05, 0) is 36.8 Å². The number of para-hydroxylation sites is 1. The summed E-state index contributed by atoms with van der Waals surface area (Å²) >= 11 is 5.78. The molecule has 2 rings (SSSR count). The molecule has 0 bridgehead atoms. The van der Waals surface area contributed by atoms with E-state index in [9.17, 15) is 14.9 Å². The van der Waals surface area contributed by atoms with Gasteiger partial charge in [-0.25, -0.2) is 4.79 Å². The summed E-state index contributed by atoms with van der Waals surface area (Å²) in [5, 5.41) is 11.6. The lowest BCUT2D eigenvalue weighted by Crippen LogP contribution is -2.08. The second-order valence-electron chi connectivity index (χ2n) is 4.78. The molecule has 1 unspecified atom stereocenters. The SMILES string of the molecule is CC(OC(=O)/C=C/c1ccc(Cl)cc1)c1ccccc1[N+](=O)[O-]. The molecule has 6 heteroatoms. The average molecular weight is 332 g/mol. The summed E-state index contributed by atoms with van der Waals surface area (Å²) in [4.78, 5) is 22.3. The van der Waals surface area contributed by atoms with Gasteiger partial charge in [0.25, 0.3) is 5.69 Å². The van der Waals surface area contributed by atoms with E-state index in [4.69, 9.17) is 16.3 Å². The van der Waals surface area contributed by atoms with Crippen molar-refractivity contribution in [2.45, 2.75) is 13.0 Å². The largest absolute Gasteiger partial charge is 0.454 e. The van der Waals surface area contributed by atoms with Gasteiger partial charge in [0, 0.05) is 17.2 Å². The van der Waals surface area contributed by atoms with Crippen molar-refractivity contribution in [1.29, 1.82) is 0 Å². The van der Waals surface area contributed by atoms with Gasteiger partial charge in [-0.2, -0.15) is 0 Å². The van der Waals surface area contributed by atoms with E-state index < -0.39 is 17.0 Å². The minimum Gasteiger partial charge on any atom is -0.454 e. The molecule has 1 atom stereocenters. The van der Waals surface area contributed by atoms with Crippen molar-refractivity contribution in [3.63, 3.8) is 0 Å². The molecule has 23 heavy (non-hydrogen) atoms. The Morgan fingerprint density at radius 2 is 1.87 bits per heavy atom. The molecule has 0 radical (unpaired) electrons. The topological polar surface area (TPSA) is 69.4 Å². The van der Waals surface area contributed by atoms with Crippen molar-refractivity contribution in [1.82, 2.24) is 0 Å². The smallest absolute Gasteiger partial charge is 0.331 e. The fraction of sp³-hybridized carbons (Fsp3) is 0.118. The van der Waals surface area contributed by atoms with Crippen molar-refractivity contribution < 1.29 is 14.5 Å². The summed E-state index contributed by atoms with van der Waals surface area (Å²) in [6.07, 6.45) is 2.14. The molecule has 0 spiro atoms. The van der Waals surface area contributed by atoms with Gasteiger partial charge in [-0.3, -0.25) is 10.1 Å². The van der Waals surface area contributed by atoms with Crippen molar-refractivity contribution in [2.24, 2.45) is 0 Å². The van der Waals surface area contributed by atoms with Crippen LogP contribution in [0.15, 0.2) is 54.6 Å². The first-order valence-electron chi connectivity index (χ1n) is 6.85. The highest BCUT2D eigenvalue weighted by Crippen LogP contribution is 2.27. The summed E-state index contributed by atoms with van der Waals surface area (Å²) in [6, 6.07) is 13.1. The van der Waals surface area contributed by atoms with Gasteiger partial charge >= 0.3 is 5.97 Å². The van der Waals surface area contributed by atoms with Crippen LogP contribution in [-0.4, -0.2) is 10.9 Å². The molecule has 5 nitrogen and oxygen atoms in total. The van der Waals surface area contributed by atoms with E-state index in [0.29, 0.717) is 10.6 Å². The lowest BCUT2D eigenvalue weighted by molar-refractivity contribution is -0.386. The number of nitrogens with zero attached hydrogens (tertiary/aromatic N) is 1. The van der Waals surface area contributed by atoms with E-state index in [1.165, 1.54) is 12.1 Å². The Morgan fingerprint density at radius 1 is 1.22 bits per heavy atom. The molecule has 0 aliphatic heterocycles. The Hall–Kier alpha value is -2.66. The standard InChI is InChI=1S/C17H14ClNO4/c1-12(15-4-2-3-5-16(15)19(21)22)23-17(20)11-8-13-6-9-14(18)10-7-13/h2-12H,1H3/b11-8+. The maximum absolute atomic E-state index is 11.8. The van der Waals surface area contributed by atoms with Crippen molar-refractivity contribution >= 4 is 29.3 Å².